The number of fused-ring (bicyclic) bond motifs is 18. The van der Waals surface area contributed by atoms with Crippen LogP contribution in [-0.4, -0.2) is 91.2 Å². The fourth-order valence-electron chi connectivity index (χ4n) is 21.4. The van der Waals surface area contributed by atoms with Crippen LogP contribution in [0.1, 0.15) is 133 Å². The van der Waals surface area contributed by atoms with Gasteiger partial charge >= 0.3 is 0 Å². The Labute approximate surface area is 768 Å². The lowest BCUT2D eigenvalue weighted by Gasteiger charge is -2.50. The Bertz CT molecular complexity index is 7300. The van der Waals surface area contributed by atoms with E-state index in [-0.39, 0.29) is 112 Å². The first-order valence-corrected chi connectivity index (χ1v) is 43.9. The molecule has 0 radical (unpaired) electrons. The molecule has 4 atom stereocenters. The van der Waals surface area contributed by atoms with Crippen LogP contribution in [0.15, 0.2) is 305 Å². The van der Waals surface area contributed by atoms with Gasteiger partial charge in [0.2, 0.25) is 16.3 Å². The molecular weight excluding hydrogens is 1740 g/mol. The summed E-state index contributed by atoms with van der Waals surface area (Å²) in [4.78, 5) is 86.6. The molecule has 0 bridgehead atoms. The van der Waals surface area contributed by atoms with Crippen LogP contribution in [0.4, 0.5) is 39.5 Å². The van der Waals surface area contributed by atoms with Crippen molar-refractivity contribution in [2.45, 2.75) is 82.2 Å². The molecular formula is C108H84F9N9O9. The van der Waals surface area contributed by atoms with Crippen LogP contribution in [-0.2, 0) is 74.8 Å². The molecule has 9 aliphatic rings. The predicted molar refractivity (Wildman–Crippen MR) is 490 cm³/mol. The zero-order valence-corrected chi connectivity index (χ0v) is 71.5. The molecule has 6 heterocycles. The molecule has 3 amide bonds. The van der Waals surface area contributed by atoms with E-state index in [1.165, 1.54) is 107 Å². The van der Waals surface area contributed by atoms with Crippen LogP contribution in [0, 0.1) is 58.3 Å². The number of halogens is 9. The van der Waals surface area contributed by atoms with E-state index in [0.29, 0.717) is 95.0 Å². The number of carbonyl (C=O) groups is 3. The van der Waals surface area contributed by atoms with Crippen LogP contribution >= 0.6 is 0 Å². The summed E-state index contributed by atoms with van der Waals surface area (Å²) in [5.41, 5.74) is 9.57. The SMILES string of the molecule is C.O=C1c2c(O)c(=O)ccn2N(C23c4ccccc4CC2Cc2cc(F)c(F)cc23)CN1CCc1cccc(F)c1.O=C1c2c(OCc3ccccc3)c(=O)ccn2N(C23C(=Cc4cc(F)c(F)cc42)Cc2ccccc23)CN1CCc1cccc(F)c1.O=C1c2c(OCc3ccccc3)c(=O)ccn2N(C23C(=Cc4ccccc42)Cc2cc(F)c(F)cc23)CN1CCc1cccc(F)c1. The first-order chi connectivity index (χ1) is 65.0. The van der Waals surface area contributed by atoms with Crippen LogP contribution in [0.5, 0.6) is 17.2 Å². The van der Waals surface area contributed by atoms with Gasteiger partial charge in [-0.15, -0.1) is 0 Å². The summed E-state index contributed by atoms with van der Waals surface area (Å²) >= 11 is 0. The van der Waals surface area contributed by atoms with E-state index >= 15 is 8.78 Å². The van der Waals surface area contributed by atoms with Gasteiger partial charge in [0.05, 0.1) is 0 Å². The van der Waals surface area contributed by atoms with Crippen LogP contribution in [0.2, 0.25) is 0 Å². The molecule has 3 aromatic heterocycles. The topological polar surface area (TPSA) is 175 Å². The number of hydrogen-bond acceptors (Lipinski definition) is 12. The van der Waals surface area contributed by atoms with Crippen molar-refractivity contribution >= 4 is 29.9 Å². The van der Waals surface area contributed by atoms with Crippen molar-refractivity contribution in [1.29, 1.82) is 0 Å². The second-order valence-corrected chi connectivity index (χ2v) is 34.7. The molecule has 14 aromatic rings. The fraction of sp³-hybridized carbons (Fsp3) is 0.185. The minimum atomic E-state index is -1.13. The van der Waals surface area contributed by atoms with Gasteiger partial charge in [0.15, 0.2) is 69.2 Å². The maximum absolute atomic E-state index is 15.1. The zero-order valence-electron chi connectivity index (χ0n) is 71.5. The van der Waals surface area contributed by atoms with Gasteiger partial charge in [-0.05, 0) is 223 Å². The second-order valence-electron chi connectivity index (χ2n) is 34.7. The first kappa shape index (κ1) is 87.3. The number of amides is 3. The number of nitrogens with zero attached hydrogens (tertiary/aromatic N) is 9. The van der Waals surface area contributed by atoms with Gasteiger partial charge in [0.25, 0.3) is 17.7 Å². The van der Waals surface area contributed by atoms with Gasteiger partial charge in [0.1, 0.15) is 67.3 Å². The summed E-state index contributed by atoms with van der Waals surface area (Å²) in [7, 11) is 0. The lowest BCUT2D eigenvalue weighted by Crippen LogP contribution is -2.63. The van der Waals surface area contributed by atoms with Gasteiger partial charge in [-0.1, -0.05) is 189 Å². The van der Waals surface area contributed by atoms with Gasteiger partial charge in [-0.2, -0.15) is 0 Å². The van der Waals surface area contributed by atoms with Gasteiger partial charge in [-0.3, -0.25) is 57.8 Å². The Morgan fingerprint density at radius 3 is 1.26 bits per heavy atom. The lowest BCUT2D eigenvalue weighted by molar-refractivity contribution is 0.0645. The Morgan fingerprint density at radius 1 is 0.333 bits per heavy atom. The highest BCUT2D eigenvalue weighted by Gasteiger charge is 2.61. The molecule has 135 heavy (non-hydrogen) atoms. The van der Waals surface area contributed by atoms with Crippen LogP contribution < -0.4 is 40.8 Å². The average molecular weight is 1820 g/mol. The van der Waals surface area contributed by atoms with Crippen molar-refractivity contribution in [1.82, 2.24) is 28.7 Å². The molecule has 0 fully saturated rings. The van der Waals surface area contributed by atoms with E-state index in [9.17, 15) is 64.6 Å². The minimum absolute atomic E-state index is 0. The summed E-state index contributed by atoms with van der Waals surface area (Å²) in [6.07, 6.45) is 11.5. The molecule has 0 spiro atoms. The molecule has 4 unspecified atom stereocenters. The average Bonchev–Trinajstić information content (AvgIpc) is 1.53. The molecule has 6 aliphatic carbocycles. The van der Waals surface area contributed by atoms with Crippen molar-refractivity contribution in [2.75, 3.05) is 54.7 Å². The highest BCUT2D eigenvalue weighted by Crippen LogP contribution is 2.60. The van der Waals surface area contributed by atoms with E-state index in [0.717, 1.165) is 55.7 Å². The number of rotatable bonds is 18. The van der Waals surface area contributed by atoms with Gasteiger partial charge in [-0.25, -0.2) is 39.5 Å². The number of benzene rings is 11. The summed E-state index contributed by atoms with van der Waals surface area (Å²) in [5, 5.41) is 16.6. The van der Waals surface area contributed by atoms with Crippen LogP contribution in [0.3, 0.4) is 0 Å². The largest absolute Gasteiger partial charge is 0.502 e. The van der Waals surface area contributed by atoms with Crippen LogP contribution in [0.25, 0.3) is 12.2 Å². The highest BCUT2D eigenvalue weighted by molar-refractivity contribution is 5.99. The van der Waals surface area contributed by atoms with E-state index in [1.54, 1.807) is 67.9 Å². The van der Waals surface area contributed by atoms with E-state index in [4.69, 9.17) is 9.47 Å². The maximum atomic E-state index is 15.1. The quantitative estimate of drug-likeness (QED) is 0.0806. The van der Waals surface area contributed by atoms with E-state index in [1.807, 2.05) is 161 Å². The standard InChI is InChI=1S/2C38H28F3N3O3.C31H24F3N3O3.CH4/c2*39-29-11-6-9-24(17-29)13-15-42-23-44(43-16-14-34(45)36(35(43)37(42)46)47-22-25-7-2-1-3-8-25)38-28(18-26-10-4-5-12-30(26)38)19-27-20-32(40)33(41)21-31(27)38;32-22-6-3-4-18(12-22)8-10-35-17-37(36-11-9-27(38)29(39)28(36)30(35)40)31-21(13-19-5-1-2-7-23(19)31)14-20-15-25(33)26(34)16-24(20)31;/h1-12,14,16-17,19-21H,13,15,18,22-23H2;1-12,14,16-18,20-21H,13,15,19,22-23H2;1-7,9,11-12,15-16,21,39H,8,10,13-14,17H2;1H4. The summed E-state index contributed by atoms with van der Waals surface area (Å²) in [6, 6.07) is 71.8. The Balaban J connectivity index is 0.000000126. The number of pyridine rings is 3. The number of aromatic hydroxyl groups is 1. The molecule has 678 valence electrons. The Kier molecular flexibility index (Phi) is 22.3. The first-order valence-electron chi connectivity index (χ1n) is 43.9. The van der Waals surface area contributed by atoms with E-state index in [2.05, 4.69) is 0 Å². The van der Waals surface area contributed by atoms with Crippen molar-refractivity contribution in [3.05, 3.63) is 485 Å². The van der Waals surface area contributed by atoms with Gasteiger partial charge in [0, 0.05) is 62.3 Å². The molecule has 23 rings (SSSR count). The number of carbonyl (C=O) groups excluding carboxylic acids is 3. The third-order valence-electron chi connectivity index (χ3n) is 27.2. The third-order valence-corrected chi connectivity index (χ3v) is 27.2. The smallest absolute Gasteiger partial charge is 0.277 e. The predicted octanol–water partition coefficient (Wildman–Crippen LogP) is 17.5. The molecule has 0 saturated heterocycles. The number of hydrogen-bond donors (Lipinski definition) is 1. The maximum Gasteiger partial charge on any atom is 0.277 e. The summed E-state index contributed by atoms with van der Waals surface area (Å²) in [6.45, 7) is 0.772. The molecule has 0 saturated carbocycles. The second kappa shape index (κ2) is 34.5. The summed E-state index contributed by atoms with van der Waals surface area (Å²) in [5.74, 6) is -9.34. The van der Waals surface area contributed by atoms with Crippen molar-refractivity contribution in [3.63, 3.8) is 0 Å². The van der Waals surface area contributed by atoms with Crippen molar-refractivity contribution < 1.29 is 68.5 Å². The molecule has 18 nitrogen and oxygen atoms in total. The molecule has 27 heteroatoms. The van der Waals surface area contributed by atoms with Gasteiger partial charge < -0.3 is 29.3 Å². The Morgan fingerprint density at radius 2 is 0.726 bits per heavy atom. The monoisotopic (exact) mass is 1820 g/mol. The third kappa shape index (κ3) is 14.6. The molecule has 3 aliphatic heterocycles. The summed E-state index contributed by atoms with van der Waals surface area (Å²) < 4.78 is 148. The number of ether oxygens (including phenoxy) is 2. The van der Waals surface area contributed by atoms with Crippen molar-refractivity contribution in [3.8, 4) is 17.2 Å². The molecule has 11 aromatic carbocycles. The van der Waals surface area contributed by atoms with E-state index < -0.39 is 91.3 Å². The lowest BCUT2D eigenvalue weighted by atomic mass is 9.81. The highest BCUT2D eigenvalue weighted by atomic mass is 19.2. The Hall–Kier alpha value is -15.7. The van der Waals surface area contributed by atoms with Crippen molar-refractivity contribution in [2.24, 2.45) is 5.92 Å². The zero-order chi connectivity index (χ0) is 92.3. The minimum Gasteiger partial charge on any atom is -0.502 e. The normalized spacial score (nSPS) is 18.4. The fourth-order valence-corrected chi connectivity index (χ4v) is 21.4. The molecule has 1 N–H and O–H groups in total. The number of aromatic nitrogens is 3.